The molecule has 0 fully saturated rings. The van der Waals surface area contributed by atoms with Gasteiger partial charge in [-0.1, -0.05) is 30.3 Å². The lowest BCUT2D eigenvalue weighted by atomic mass is 9.93. The van der Waals surface area contributed by atoms with Crippen LogP contribution in [0, 0.1) is 6.92 Å². The number of benzene rings is 2. The molecule has 0 aliphatic carbocycles. The molecule has 2 aromatic carbocycles. The van der Waals surface area contributed by atoms with E-state index in [0.29, 0.717) is 10.4 Å². The summed E-state index contributed by atoms with van der Waals surface area (Å²) in [6.45, 7) is 5.62. The molecular weight excluding hydrogens is 421 g/mol. The van der Waals surface area contributed by atoms with Crippen LogP contribution >= 0.6 is 0 Å². The van der Waals surface area contributed by atoms with Gasteiger partial charge >= 0.3 is 12.1 Å². The van der Waals surface area contributed by atoms with Crippen molar-refractivity contribution in [2.24, 2.45) is 5.73 Å². The molecule has 0 saturated carbocycles. The number of hydrogen-bond donors (Lipinski definition) is 2. The molecular formula is C20H21F3N2O4S. The highest BCUT2D eigenvalue weighted by Gasteiger charge is 2.38. The largest absolute Gasteiger partial charge is 0.490 e. The number of rotatable bonds is 3. The fraction of sp³-hybridized carbons (Fsp3) is 0.250. The number of aliphatic carboxylic acids is 1. The Balaban J connectivity index is 0.000000396. The van der Waals surface area contributed by atoms with Crippen LogP contribution in [0.2, 0.25) is 0 Å². The van der Waals surface area contributed by atoms with Gasteiger partial charge in [0.2, 0.25) is 0 Å². The van der Waals surface area contributed by atoms with Gasteiger partial charge < -0.3 is 10.8 Å². The zero-order valence-corrected chi connectivity index (χ0v) is 17.3. The van der Waals surface area contributed by atoms with Gasteiger partial charge in [0.25, 0.3) is 10.0 Å². The molecule has 3 aromatic rings. The molecule has 0 spiro atoms. The summed E-state index contributed by atoms with van der Waals surface area (Å²) in [5, 5.41) is 7.98. The van der Waals surface area contributed by atoms with Crippen LogP contribution in [0.15, 0.2) is 59.6 Å². The molecule has 162 valence electrons. The lowest BCUT2D eigenvalue weighted by molar-refractivity contribution is -0.192. The first-order chi connectivity index (χ1) is 13.7. The van der Waals surface area contributed by atoms with Gasteiger partial charge in [-0.25, -0.2) is 17.2 Å². The summed E-state index contributed by atoms with van der Waals surface area (Å²) in [6, 6.07) is 14.4. The van der Waals surface area contributed by atoms with Crippen LogP contribution in [-0.2, 0) is 20.4 Å². The molecule has 0 atom stereocenters. The summed E-state index contributed by atoms with van der Waals surface area (Å²) in [5.41, 5.74) is 7.97. The molecule has 1 aromatic heterocycles. The number of hydrogen-bond acceptors (Lipinski definition) is 4. The van der Waals surface area contributed by atoms with Crippen LogP contribution in [0.25, 0.3) is 10.9 Å². The van der Waals surface area contributed by atoms with Crippen molar-refractivity contribution in [1.29, 1.82) is 0 Å². The number of carboxylic acid groups (broad SMARTS) is 1. The number of carboxylic acids is 1. The smallest absolute Gasteiger partial charge is 0.475 e. The Kier molecular flexibility index (Phi) is 6.34. The minimum Gasteiger partial charge on any atom is -0.475 e. The van der Waals surface area contributed by atoms with Crippen molar-refractivity contribution in [3.05, 3.63) is 65.9 Å². The maximum Gasteiger partial charge on any atom is 0.490 e. The quantitative estimate of drug-likeness (QED) is 0.638. The number of nitrogens with zero attached hydrogens (tertiary/aromatic N) is 1. The highest BCUT2D eigenvalue weighted by molar-refractivity contribution is 7.90. The number of fused-ring (bicyclic) bond motifs is 1. The second-order valence-electron chi connectivity index (χ2n) is 7.15. The van der Waals surface area contributed by atoms with Crippen molar-refractivity contribution < 1.29 is 31.5 Å². The minimum absolute atomic E-state index is 0.315. The van der Waals surface area contributed by atoms with Gasteiger partial charge in [-0.05, 0) is 50.1 Å². The second-order valence-corrected chi connectivity index (χ2v) is 8.93. The van der Waals surface area contributed by atoms with Crippen molar-refractivity contribution in [1.82, 2.24) is 3.97 Å². The molecule has 30 heavy (non-hydrogen) atoms. The molecule has 0 bridgehead atoms. The molecule has 1 heterocycles. The Morgan fingerprint density at radius 3 is 2.10 bits per heavy atom. The maximum atomic E-state index is 13.0. The van der Waals surface area contributed by atoms with Gasteiger partial charge in [-0.3, -0.25) is 0 Å². The fourth-order valence-corrected chi connectivity index (χ4v) is 4.44. The van der Waals surface area contributed by atoms with E-state index in [9.17, 15) is 21.6 Å². The summed E-state index contributed by atoms with van der Waals surface area (Å²) in [4.78, 5) is 9.21. The lowest BCUT2D eigenvalue weighted by Gasteiger charge is -2.20. The Morgan fingerprint density at radius 2 is 1.60 bits per heavy atom. The van der Waals surface area contributed by atoms with Gasteiger partial charge in [0.15, 0.2) is 0 Å². The monoisotopic (exact) mass is 442 g/mol. The van der Waals surface area contributed by atoms with Crippen molar-refractivity contribution in [3.63, 3.8) is 0 Å². The molecule has 10 heteroatoms. The van der Waals surface area contributed by atoms with Gasteiger partial charge in [-0.15, -0.1) is 0 Å². The SMILES string of the molecule is Cc1ccccc1S(=O)(=O)n1ccc2c(C(C)(C)N)cccc21.O=C(O)C(F)(F)F. The first kappa shape index (κ1) is 23.4. The third-order valence-electron chi connectivity index (χ3n) is 4.26. The molecule has 0 amide bonds. The van der Waals surface area contributed by atoms with Crippen molar-refractivity contribution in [3.8, 4) is 0 Å². The minimum atomic E-state index is -5.08. The van der Waals surface area contributed by atoms with Gasteiger partial charge in [0, 0.05) is 17.1 Å². The number of alkyl halides is 3. The third kappa shape index (κ3) is 4.82. The zero-order chi connectivity index (χ0) is 22.9. The summed E-state index contributed by atoms with van der Waals surface area (Å²) in [5.74, 6) is -2.76. The maximum absolute atomic E-state index is 13.0. The molecule has 0 unspecified atom stereocenters. The van der Waals surface area contributed by atoms with Crippen molar-refractivity contribution in [2.75, 3.05) is 0 Å². The Labute approximate surface area is 171 Å². The number of aromatic nitrogens is 1. The summed E-state index contributed by atoms with van der Waals surface area (Å²) in [7, 11) is -3.64. The average molecular weight is 442 g/mol. The zero-order valence-electron chi connectivity index (χ0n) is 16.4. The number of aryl methyl sites for hydroxylation is 1. The molecule has 0 aliphatic rings. The molecule has 0 saturated heterocycles. The van der Waals surface area contributed by atoms with Gasteiger partial charge in [0.1, 0.15) is 0 Å². The van der Waals surface area contributed by atoms with Gasteiger partial charge in [-0.2, -0.15) is 13.2 Å². The van der Waals surface area contributed by atoms with E-state index in [-0.39, 0.29) is 0 Å². The molecule has 0 aliphatic heterocycles. The highest BCUT2D eigenvalue weighted by Crippen LogP contribution is 2.30. The van der Waals surface area contributed by atoms with Crippen LogP contribution in [0.4, 0.5) is 13.2 Å². The van der Waals surface area contributed by atoms with Crippen LogP contribution in [0.5, 0.6) is 0 Å². The molecule has 3 rings (SSSR count). The summed E-state index contributed by atoms with van der Waals surface area (Å²) in [6.07, 6.45) is -3.48. The van der Waals surface area contributed by atoms with E-state index in [0.717, 1.165) is 16.5 Å². The van der Waals surface area contributed by atoms with E-state index in [1.807, 2.05) is 38.1 Å². The van der Waals surface area contributed by atoms with E-state index in [4.69, 9.17) is 15.6 Å². The standard InChI is InChI=1S/C18H20N2O2S.C2HF3O2/c1-13-7-4-5-10-17(13)23(21,22)20-12-11-14-15(18(2,3)19)8-6-9-16(14)20;3-2(4,5)1(6)7/h4-12H,19H2,1-3H3;(H,6,7). The number of halogens is 3. The predicted molar refractivity (Wildman–Crippen MR) is 107 cm³/mol. The molecule has 0 radical (unpaired) electrons. The predicted octanol–water partition coefficient (Wildman–Crippen LogP) is 4.01. The molecule has 3 N–H and O–H groups in total. The summed E-state index contributed by atoms with van der Waals surface area (Å²) < 4.78 is 59.1. The van der Waals surface area contributed by atoms with E-state index >= 15 is 0 Å². The molecule has 6 nitrogen and oxygen atoms in total. The lowest BCUT2D eigenvalue weighted by Crippen LogP contribution is -2.28. The second kappa shape index (κ2) is 8.11. The van der Waals surface area contributed by atoms with E-state index < -0.39 is 27.7 Å². The fourth-order valence-electron chi connectivity index (χ4n) is 2.87. The third-order valence-corrected chi connectivity index (χ3v) is 6.11. The van der Waals surface area contributed by atoms with Gasteiger partial charge in [0.05, 0.1) is 10.4 Å². The van der Waals surface area contributed by atoms with Crippen LogP contribution in [-0.4, -0.2) is 29.6 Å². The number of nitrogens with two attached hydrogens (primary N) is 1. The topological polar surface area (TPSA) is 102 Å². The first-order valence-electron chi connectivity index (χ1n) is 8.68. The van der Waals surface area contributed by atoms with Crippen molar-refractivity contribution >= 4 is 26.9 Å². The Morgan fingerprint density at radius 1 is 1.03 bits per heavy atom. The van der Waals surface area contributed by atoms with E-state index in [2.05, 4.69) is 0 Å². The van der Waals surface area contributed by atoms with Crippen molar-refractivity contribution in [2.45, 2.75) is 37.4 Å². The highest BCUT2D eigenvalue weighted by atomic mass is 32.2. The summed E-state index contributed by atoms with van der Waals surface area (Å²) >= 11 is 0. The van der Waals surface area contributed by atoms with Crippen LogP contribution < -0.4 is 5.73 Å². The van der Waals surface area contributed by atoms with Crippen LogP contribution in [0.1, 0.15) is 25.0 Å². The van der Waals surface area contributed by atoms with E-state index in [1.165, 1.54) is 3.97 Å². The normalized spacial score (nSPS) is 12.4. The Hall–Kier alpha value is -2.85. The Bertz CT molecular complexity index is 1180. The average Bonchev–Trinajstić information content (AvgIpc) is 3.05. The van der Waals surface area contributed by atoms with E-state index in [1.54, 1.807) is 37.4 Å². The van der Waals surface area contributed by atoms with Crippen LogP contribution in [0.3, 0.4) is 0 Å². The first-order valence-corrected chi connectivity index (χ1v) is 10.1. The number of carbonyl (C=O) groups is 1.